The van der Waals surface area contributed by atoms with Crippen molar-refractivity contribution in [1.29, 1.82) is 0 Å². The summed E-state index contributed by atoms with van der Waals surface area (Å²) in [6, 6.07) is 7.47. The summed E-state index contributed by atoms with van der Waals surface area (Å²) >= 11 is 0. The van der Waals surface area contributed by atoms with Gasteiger partial charge in [-0.1, -0.05) is 12.1 Å². The molecule has 0 saturated carbocycles. The zero-order chi connectivity index (χ0) is 8.55. The second-order valence-electron chi connectivity index (χ2n) is 2.79. The largest absolute Gasteiger partial charge is 0.357 e. The van der Waals surface area contributed by atoms with Crippen molar-refractivity contribution in [3.63, 3.8) is 0 Å². The van der Waals surface area contributed by atoms with Crippen LogP contribution in [0.3, 0.4) is 0 Å². The highest BCUT2D eigenvalue weighted by atomic mass is 16.3. The van der Waals surface area contributed by atoms with E-state index in [4.69, 9.17) is 0 Å². The van der Waals surface area contributed by atoms with E-state index in [2.05, 4.69) is 10.2 Å². The number of benzene rings is 1. The van der Waals surface area contributed by atoms with Crippen molar-refractivity contribution < 1.29 is 0 Å². The number of nitrogens with zero attached hydrogens (tertiary/aromatic N) is 1. The first-order valence-electron chi connectivity index (χ1n) is 3.73. The van der Waals surface area contributed by atoms with Crippen LogP contribution in [0, 0.1) is 11.8 Å². The monoisotopic (exact) mass is 160 g/mol. The zero-order valence-electron chi connectivity index (χ0n) is 6.66. The van der Waals surface area contributed by atoms with E-state index in [1.54, 1.807) is 6.07 Å². The summed E-state index contributed by atoms with van der Waals surface area (Å²) in [5.74, 6) is 0. The van der Waals surface area contributed by atoms with Gasteiger partial charge in [-0.05, 0) is 24.2 Å². The number of aromatic amines is 1. The first-order valence-corrected chi connectivity index (χ1v) is 3.73. The van der Waals surface area contributed by atoms with Crippen LogP contribution in [0.5, 0.6) is 0 Å². The topological polar surface area (TPSA) is 45.2 Å². The van der Waals surface area contributed by atoms with Crippen molar-refractivity contribution in [1.82, 2.24) is 4.98 Å². The average molecular weight is 160 g/mol. The number of hydrogen-bond donors (Lipinski definition) is 1. The fourth-order valence-corrected chi connectivity index (χ4v) is 1.36. The zero-order valence-corrected chi connectivity index (χ0v) is 6.66. The van der Waals surface area contributed by atoms with Gasteiger partial charge in [0, 0.05) is 11.1 Å². The number of aryl methyl sites for hydroxylation is 1. The number of rotatable bonds is 1. The molecule has 3 nitrogen and oxygen atoms in total. The smallest absolute Gasteiger partial charge is 0.132 e. The number of H-pyrrole nitrogens is 1. The van der Waals surface area contributed by atoms with E-state index in [1.165, 1.54) is 0 Å². The lowest BCUT2D eigenvalue weighted by Gasteiger charge is -1.90. The molecule has 1 heterocycles. The van der Waals surface area contributed by atoms with Crippen LogP contribution in [0.25, 0.3) is 10.9 Å². The first kappa shape index (κ1) is 7.03. The third-order valence-electron chi connectivity index (χ3n) is 1.87. The van der Waals surface area contributed by atoms with E-state index in [1.807, 2.05) is 25.1 Å². The Kier molecular flexibility index (Phi) is 1.43. The highest BCUT2D eigenvalue weighted by molar-refractivity contribution is 5.90. The minimum absolute atomic E-state index is 0.473. The van der Waals surface area contributed by atoms with Crippen LogP contribution in [0.4, 0.5) is 5.69 Å². The van der Waals surface area contributed by atoms with Crippen LogP contribution < -0.4 is 0 Å². The minimum Gasteiger partial charge on any atom is -0.357 e. The Bertz CT molecular complexity index is 431. The van der Waals surface area contributed by atoms with Crippen molar-refractivity contribution >= 4 is 16.6 Å². The van der Waals surface area contributed by atoms with Crippen molar-refractivity contribution in [2.24, 2.45) is 5.18 Å². The third-order valence-corrected chi connectivity index (χ3v) is 1.87. The molecule has 1 aromatic carbocycles. The number of para-hydroxylation sites is 1. The predicted molar refractivity (Wildman–Crippen MR) is 48.5 cm³/mol. The van der Waals surface area contributed by atoms with Crippen LogP contribution in [-0.4, -0.2) is 4.98 Å². The molecule has 2 rings (SSSR count). The quantitative estimate of drug-likeness (QED) is 0.640. The highest BCUT2D eigenvalue weighted by Crippen LogP contribution is 2.25. The number of nitrogens with one attached hydrogen (secondary N) is 1. The molecule has 12 heavy (non-hydrogen) atoms. The Balaban J connectivity index is 2.86. The molecule has 1 aromatic heterocycles. The van der Waals surface area contributed by atoms with Gasteiger partial charge in [0.05, 0.1) is 5.52 Å². The fourth-order valence-electron chi connectivity index (χ4n) is 1.36. The maximum Gasteiger partial charge on any atom is 0.132 e. The normalized spacial score (nSPS) is 10.4. The molecule has 0 aliphatic rings. The number of hydrogen-bond acceptors (Lipinski definition) is 2. The Morgan fingerprint density at radius 2 is 2.25 bits per heavy atom. The van der Waals surface area contributed by atoms with Gasteiger partial charge >= 0.3 is 0 Å². The Labute approximate surface area is 69.4 Å². The molecule has 1 N–H and O–H groups in total. The van der Waals surface area contributed by atoms with Gasteiger partial charge in [0.25, 0.3) is 0 Å². The number of nitroso groups, excluding NO2 is 1. The third kappa shape index (κ3) is 0.906. The van der Waals surface area contributed by atoms with Crippen LogP contribution >= 0.6 is 0 Å². The lowest BCUT2D eigenvalue weighted by Crippen LogP contribution is -1.69. The summed E-state index contributed by atoms with van der Waals surface area (Å²) in [7, 11) is 0. The van der Waals surface area contributed by atoms with Crippen LogP contribution in [-0.2, 0) is 0 Å². The lowest BCUT2D eigenvalue weighted by atomic mass is 10.2. The molecule has 0 aliphatic carbocycles. The van der Waals surface area contributed by atoms with E-state index in [-0.39, 0.29) is 0 Å². The SMILES string of the molecule is Cc1cc2cccc(N=O)c2[nH]1. The molecular formula is C9H8N2O. The standard InChI is InChI=1S/C9H8N2O/c1-6-5-7-3-2-4-8(11-12)9(7)10-6/h2-5,10H,1H3. The molecule has 2 aromatic rings. The van der Waals surface area contributed by atoms with E-state index in [0.29, 0.717) is 5.69 Å². The number of fused-ring (bicyclic) bond motifs is 1. The predicted octanol–water partition coefficient (Wildman–Crippen LogP) is 2.87. The molecule has 0 amide bonds. The minimum atomic E-state index is 0.473. The van der Waals surface area contributed by atoms with Gasteiger partial charge < -0.3 is 4.98 Å². The summed E-state index contributed by atoms with van der Waals surface area (Å²) in [6.07, 6.45) is 0. The molecule has 0 bridgehead atoms. The van der Waals surface area contributed by atoms with Gasteiger partial charge in [0.15, 0.2) is 0 Å². The lowest BCUT2D eigenvalue weighted by molar-refractivity contribution is 1.29. The van der Waals surface area contributed by atoms with Crippen molar-refractivity contribution in [3.05, 3.63) is 34.9 Å². The highest BCUT2D eigenvalue weighted by Gasteiger charge is 2.02. The molecule has 0 radical (unpaired) electrons. The Morgan fingerprint density at radius 1 is 1.42 bits per heavy atom. The van der Waals surface area contributed by atoms with Crippen molar-refractivity contribution in [2.75, 3.05) is 0 Å². The van der Waals surface area contributed by atoms with Gasteiger partial charge in [-0.15, -0.1) is 4.91 Å². The first-order chi connectivity index (χ1) is 5.81. The number of aromatic nitrogens is 1. The molecule has 0 aliphatic heterocycles. The van der Waals surface area contributed by atoms with Crippen LogP contribution in [0.2, 0.25) is 0 Å². The van der Waals surface area contributed by atoms with Gasteiger partial charge in [-0.25, -0.2) is 0 Å². The van der Waals surface area contributed by atoms with E-state index < -0.39 is 0 Å². The molecule has 0 spiro atoms. The molecule has 0 fully saturated rings. The van der Waals surface area contributed by atoms with E-state index in [9.17, 15) is 4.91 Å². The summed E-state index contributed by atoms with van der Waals surface area (Å²) in [4.78, 5) is 13.4. The summed E-state index contributed by atoms with van der Waals surface area (Å²) < 4.78 is 0. The Hall–Kier alpha value is -1.64. The maximum absolute atomic E-state index is 10.4. The molecule has 3 heteroatoms. The van der Waals surface area contributed by atoms with Crippen molar-refractivity contribution in [2.45, 2.75) is 6.92 Å². The van der Waals surface area contributed by atoms with Crippen LogP contribution in [0.15, 0.2) is 29.4 Å². The van der Waals surface area contributed by atoms with Gasteiger partial charge in [0.2, 0.25) is 0 Å². The fraction of sp³-hybridized carbons (Fsp3) is 0.111. The molecule has 0 atom stereocenters. The van der Waals surface area contributed by atoms with Gasteiger partial charge in [-0.2, -0.15) is 0 Å². The van der Waals surface area contributed by atoms with E-state index in [0.717, 1.165) is 16.6 Å². The second kappa shape index (κ2) is 2.44. The van der Waals surface area contributed by atoms with Gasteiger partial charge in [0.1, 0.15) is 5.69 Å². The molecule has 0 saturated heterocycles. The van der Waals surface area contributed by atoms with Crippen molar-refractivity contribution in [3.8, 4) is 0 Å². The average Bonchev–Trinajstić information content (AvgIpc) is 2.44. The maximum atomic E-state index is 10.4. The summed E-state index contributed by atoms with van der Waals surface area (Å²) in [5, 5.41) is 3.96. The summed E-state index contributed by atoms with van der Waals surface area (Å²) in [5.41, 5.74) is 2.34. The molecule has 60 valence electrons. The van der Waals surface area contributed by atoms with E-state index >= 15 is 0 Å². The molecule has 0 unspecified atom stereocenters. The summed E-state index contributed by atoms with van der Waals surface area (Å²) in [6.45, 7) is 1.95. The van der Waals surface area contributed by atoms with Gasteiger partial charge in [-0.3, -0.25) is 0 Å². The second-order valence-corrected chi connectivity index (χ2v) is 2.79. The van der Waals surface area contributed by atoms with Crippen LogP contribution in [0.1, 0.15) is 5.69 Å². The molecular weight excluding hydrogens is 152 g/mol. The Morgan fingerprint density at radius 3 is 3.00 bits per heavy atom.